The van der Waals surface area contributed by atoms with Crippen molar-refractivity contribution in [3.8, 4) is 16.9 Å². The quantitative estimate of drug-likeness (QED) is 0.708. The molecule has 0 aliphatic rings. The van der Waals surface area contributed by atoms with Gasteiger partial charge in [-0.05, 0) is 28.7 Å². The summed E-state index contributed by atoms with van der Waals surface area (Å²) in [5.74, 6) is 0.337. The first-order valence-electron chi connectivity index (χ1n) is 7.17. The number of rotatable bonds is 1. The van der Waals surface area contributed by atoms with Crippen molar-refractivity contribution in [1.82, 2.24) is 15.4 Å². The molecule has 2 aromatic carbocycles. The number of hydrogen-bond acceptors (Lipinski definition) is 3. The van der Waals surface area contributed by atoms with E-state index in [0.717, 1.165) is 11.1 Å². The van der Waals surface area contributed by atoms with Gasteiger partial charge in [-0.15, -0.1) is 0 Å². The Morgan fingerprint density at radius 3 is 2.05 bits per heavy atom. The molecular formula is C18H21N3O. The van der Waals surface area contributed by atoms with Crippen molar-refractivity contribution in [2.24, 2.45) is 0 Å². The summed E-state index contributed by atoms with van der Waals surface area (Å²) in [6.07, 6.45) is 3.17. The molecule has 0 amide bonds. The van der Waals surface area contributed by atoms with E-state index in [2.05, 4.69) is 42.2 Å². The fraction of sp³-hybridized carbons (Fsp3) is 0.222. The van der Waals surface area contributed by atoms with Crippen molar-refractivity contribution in [2.75, 3.05) is 0 Å². The lowest BCUT2D eigenvalue weighted by Crippen LogP contribution is -2.10. The molecule has 0 aliphatic heterocycles. The van der Waals surface area contributed by atoms with E-state index in [4.69, 9.17) is 0 Å². The molecule has 114 valence electrons. The summed E-state index contributed by atoms with van der Waals surface area (Å²) in [6.45, 7) is 6.52. The highest BCUT2D eigenvalue weighted by atomic mass is 16.3. The lowest BCUT2D eigenvalue weighted by molar-refractivity contribution is 0.476. The van der Waals surface area contributed by atoms with Gasteiger partial charge in [0.1, 0.15) is 5.75 Å². The smallest absolute Gasteiger partial charge is 0.123 e. The zero-order valence-electron chi connectivity index (χ0n) is 13.1. The molecule has 22 heavy (non-hydrogen) atoms. The van der Waals surface area contributed by atoms with Crippen molar-refractivity contribution in [1.29, 1.82) is 0 Å². The number of nitrogens with zero attached hydrogens (tertiary/aromatic N) is 2. The van der Waals surface area contributed by atoms with Crippen LogP contribution in [0, 0.1) is 0 Å². The number of hydrogen-bond donors (Lipinski definition) is 2. The molecule has 0 radical (unpaired) electrons. The molecule has 3 aromatic rings. The number of nitrogens with one attached hydrogen (secondary N) is 1. The van der Waals surface area contributed by atoms with E-state index < -0.39 is 0 Å². The van der Waals surface area contributed by atoms with Crippen molar-refractivity contribution in [2.45, 2.75) is 26.2 Å². The van der Waals surface area contributed by atoms with E-state index in [1.54, 1.807) is 18.5 Å². The Kier molecular flexibility index (Phi) is 4.94. The molecule has 0 bridgehead atoms. The van der Waals surface area contributed by atoms with Gasteiger partial charge < -0.3 is 5.11 Å². The normalized spacial score (nSPS) is 10.7. The Labute approximate surface area is 130 Å². The number of H-pyrrole nitrogens is 1. The standard InChI is InChI=1S/C16H18O.C2H3N3/c1-16(2,3)13-9-10-15(17)14(11-13)12-7-5-4-6-8-12;1-2-4-5-3-1/h4-11,17H,1-3H3;1-2H,(H,3,4,5). The number of phenols is 1. The maximum atomic E-state index is 9.95. The van der Waals surface area contributed by atoms with Crippen LogP contribution in [0.25, 0.3) is 11.1 Å². The summed E-state index contributed by atoms with van der Waals surface area (Å²) in [6, 6.07) is 15.8. The third kappa shape index (κ3) is 4.19. The summed E-state index contributed by atoms with van der Waals surface area (Å²) < 4.78 is 0. The fourth-order valence-electron chi connectivity index (χ4n) is 2.02. The van der Waals surface area contributed by atoms with E-state index >= 15 is 0 Å². The van der Waals surface area contributed by atoms with Crippen LogP contribution < -0.4 is 0 Å². The number of aromatic nitrogens is 3. The first-order valence-corrected chi connectivity index (χ1v) is 7.17. The van der Waals surface area contributed by atoms with Gasteiger partial charge in [0.25, 0.3) is 0 Å². The van der Waals surface area contributed by atoms with E-state index in [0.29, 0.717) is 5.75 Å². The maximum absolute atomic E-state index is 9.95. The van der Waals surface area contributed by atoms with Gasteiger partial charge >= 0.3 is 0 Å². The largest absolute Gasteiger partial charge is 0.507 e. The zero-order valence-corrected chi connectivity index (χ0v) is 13.1. The Balaban J connectivity index is 0.000000299. The third-order valence-electron chi connectivity index (χ3n) is 3.28. The van der Waals surface area contributed by atoms with E-state index in [9.17, 15) is 5.11 Å². The molecule has 0 aliphatic carbocycles. The van der Waals surface area contributed by atoms with Crippen molar-refractivity contribution >= 4 is 0 Å². The minimum Gasteiger partial charge on any atom is -0.507 e. The summed E-state index contributed by atoms with van der Waals surface area (Å²) in [7, 11) is 0. The predicted molar refractivity (Wildman–Crippen MR) is 88.6 cm³/mol. The first kappa shape index (κ1) is 15.8. The molecule has 0 spiro atoms. The van der Waals surface area contributed by atoms with Crippen LogP contribution >= 0.6 is 0 Å². The Hall–Kier alpha value is -2.62. The van der Waals surface area contributed by atoms with Crippen LogP contribution in [0.4, 0.5) is 0 Å². The van der Waals surface area contributed by atoms with E-state index in [1.165, 1.54) is 5.56 Å². The van der Waals surface area contributed by atoms with Crippen LogP contribution in [0.5, 0.6) is 5.75 Å². The second-order valence-electron chi connectivity index (χ2n) is 6.00. The second kappa shape index (κ2) is 6.89. The molecule has 1 aromatic heterocycles. The van der Waals surface area contributed by atoms with E-state index in [-0.39, 0.29) is 5.41 Å². The number of aromatic amines is 1. The third-order valence-corrected chi connectivity index (χ3v) is 3.28. The number of aromatic hydroxyl groups is 1. The zero-order chi connectivity index (χ0) is 16.0. The van der Waals surface area contributed by atoms with Crippen molar-refractivity contribution < 1.29 is 5.11 Å². The fourth-order valence-corrected chi connectivity index (χ4v) is 2.02. The summed E-state index contributed by atoms with van der Waals surface area (Å²) in [5.41, 5.74) is 3.28. The van der Waals surface area contributed by atoms with Crippen molar-refractivity contribution in [3.63, 3.8) is 0 Å². The van der Waals surface area contributed by atoms with Crippen LogP contribution in [0.2, 0.25) is 0 Å². The molecule has 0 saturated heterocycles. The summed E-state index contributed by atoms with van der Waals surface area (Å²) in [5, 5.41) is 19.3. The summed E-state index contributed by atoms with van der Waals surface area (Å²) in [4.78, 5) is 0. The Morgan fingerprint density at radius 1 is 0.909 bits per heavy atom. The molecule has 4 nitrogen and oxygen atoms in total. The van der Waals surface area contributed by atoms with Crippen LogP contribution in [-0.2, 0) is 5.41 Å². The van der Waals surface area contributed by atoms with Gasteiger partial charge in [-0.2, -0.15) is 15.4 Å². The Morgan fingerprint density at radius 2 is 1.55 bits per heavy atom. The summed E-state index contributed by atoms with van der Waals surface area (Å²) >= 11 is 0. The van der Waals surface area contributed by atoms with Gasteiger partial charge in [-0.25, -0.2) is 0 Å². The van der Waals surface area contributed by atoms with Gasteiger partial charge in [-0.1, -0.05) is 57.2 Å². The molecule has 3 rings (SSSR count). The average Bonchev–Trinajstić information content (AvgIpc) is 3.07. The lowest BCUT2D eigenvalue weighted by atomic mass is 9.85. The molecule has 0 fully saturated rings. The molecule has 1 heterocycles. The van der Waals surface area contributed by atoms with Crippen LogP contribution in [0.15, 0.2) is 60.9 Å². The number of benzene rings is 2. The molecule has 2 N–H and O–H groups in total. The number of phenolic OH excluding ortho intramolecular Hbond substituents is 1. The van der Waals surface area contributed by atoms with Crippen LogP contribution in [0.3, 0.4) is 0 Å². The minimum atomic E-state index is 0.0945. The van der Waals surface area contributed by atoms with E-state index in [1.807, 2.05) is 36.4 Å². The van der Waals surface area contributed by atoms with Gasteiger partial charge in [-0.3, -0.25) is 0 Å². The molecule has 0 atom stereocenters. The highest BCUT2D eigenvalue weighted by Gasteiger charge is 2.15. The van der Waals surface area contributed by atoms with Crippen LogP contribution in [0.1, 0.15) is 26.3 Å². The predicted octanol–water partition coefficient (Wildman–Crippen LogP) is 4.16. The molecule has 4 heteroatoms. The lowest BCUT2D eigenvalue weighted by Gasteiger charge is -2.20. The topological polar surface area (TPSA) is 61.8 Å². The molecule has 0 unspecified atom stereocenters. The monoisotopic (exact) mass is 295 g/mol. The second-order valence-corrected chi connectivity index (χ2v) is 6.00. The Bertz CT molecular complexity index is 669. The SMILES string of the molecule is CC(C)(C)c1ccc(O)c(-c2ccccc2)c1.c1cn[nH]n1. The van der Waals surface area contributed by atoms with Gasteiger partial charge in [0, 0.05) is 5.56 Å². The molecule has 0 saturated carbocycles. The first-order chi connectivity index (χ1) is 10.5. The van der Waals surface area contributed by atoms with Gasteiger partial charge in [0.2, 0.25) is 0 Å². The van der Waals surface area contributed by atoms with Gasteiger partial charge in [0.05, 0.1) is 12.4 Å². The average molecular weight is 295 g/mol. The molecular weight excluding hydrogens is 274 g/mol. The maximum Gasteiger partial charge on any atom is 0.123 e. The van der Waals surface area contributed by atoms with Crippen LogP contribution in [-0.4, -0.2) is 20.5 Å². The van der Waals surface area contributed by atoms with Crippen molar-refractivity contribution in [3.05, 3.63) is 66.5 Å². The van der Waals surface area contributed by atoms with Gasteiger partial charge in [0.15, 0.2) is 0 Å². The highest BCUT2D eigenvalue weighted by molar-refractivity contribution is 5.71. The highest BCUT2D eigenvalue weighted by Crippen LogP contribution is 2.33. The minimum absolute atomic E-state index is 0.0945.